The van der Waals surface area contributed by atoms with E-state index in [2.05, 4.69) is 27.0 Å². The standard InChI is InChI=1S/C17H30N2O2/c1-5-9-13-19(14-10-6-2)16(21)17(11-7-3,12-8-4)15(18)20/h7-8H,3-6,9-14H2,1-2H3,(H2,18,20). The molecule has 21 heavy (non-hydrogen) atoms. The lowest BCUT2D eigenvalue weighted by Crippen LogP contribution is -2.51. The summed E-state index contributed by atoms with van der Waals surface area (Å²) >= 11 is 0. The number of rotatable bonds is 12. The Morgan fingerprint density at radius 2 is 1.48 bits per heavy atom. The first kappa shape index (κ1) is 19.4. The number of allylic oxidation sites excluding steroid dienone is 2. The average molecular weight is 294 g/mol. The number of hydrogen-bond donors (Lipinski definition) is 1. The fourth-order valence-electron chi connectivity index (χ4n) is 2.37. The molecule has 2 N–H and O–H groups in total. The molecule has 0 saturated carbocycles. The minimum atomic E-state index is -1.23. The molecule has 0 radical (unpaired) electrons. The van der Waals surface area contributed by atoms with Gasteiger partial charge >= 0.3 is 0 Å². The Bertz CT molecular complexity index is 346. The average Bonchev–Trinajstić information content (AvgIpc) is 2.46. The van der Waals surface area contributed by atoms with Crippen molar-refractivity contribution in [2.75, 3.05) is 13.1 Å². The molecule has 0 aliphatic carbocycles. The van der Waals surface area contributed by atoms with Crippen LogP contribution in [0.4, 0.5) is 0 Å². The number of unbranched alkanes of at least 4 members (excludes halogenated alkanes) is 2. The Hall–Kier alpha value is -1.58. The first-order valence-electron chi connectivity index (χ1n) is 7.81. The summed E-state index contributed by atoms with van der Waals surface area (Å²) in [5.74, 6) is -0.776. The van der Waals surface area contributed by atoms with Crippen molar-refractivity contribution >= 4 is 11.8 Å². The molecule has 2 amide bonds. The van der Waals surface area contributed by atoms with E-state index in [-0.39, 0.29) is 18.7 Å². The molecule has 0 saturated heterocycles. The summed E-state index contributed by atoms with van der Waals surface area (Å²) in [5, 5.41) is 0. The van der Waals surface area contributed by atoms with Crippen LogP contribution < -0.4 is 5.73 Å². The van der Waals surface area contributed by atoms with Gasteiger partial charge in [0.15, 0.2) is 0 Å². The van der Waals surface area contributed by atoms with E-state index >= 15 is 0 Å². The number of carbonyl (C=O) groups excluding carboxylic acids is 2. The summed E-state index contributed by atoms with van der Waals surface area (Å²) in [6.45, 7) is 12.8. The topological polar surface area (TPSA) is 63.4 Å². The Morgan fingerprint density at radius 1 is 1.05 bits per heavy atom. The van der Waals surface area contributed by atoms with Gasteiger partial charge in [-0.2, -0.15) is 0 Å². The van der Waals surface area contributed by atoms with Crippen LogP contribution >= 0.6 is 0 Å². The lowest BCUT2D eigenvalue weighted by Gasteiger charge is -2.34. The zero-order valence-electron chi connectivity index (χ0n) is 13.6. The van der Waals surface area contributed by atoms with Crippen LogP contribution in [0.1, 0.15) is 52.4 Å². The Labute approximate surface area is 129 Å². The van der Waals surface area contributed by atoms with Crippen molar-refractivity contribution < 1.29 is 9.59 Å². The molecule has 0 aliphatic rings. The molecule has 0 spiro atoms. The quantitative estimate of drug-likeness (QED) is 0.444. The van der Waals surface area contributed by atoms with Crippen LogP contribution in [0.3, 0.4) is 0 Å². The maximum atomic E-state index is 12.9. The van der Waals surface area contributed by atoms with Crippen molar-refractivity contribution in [3.8, 4) is 0 Å². The molecule has 0 aromatic rings. The monoisotopic (exact) mass is 294 g/mol. The zero-order chi connectivity index (χ0) is 16.3. The minimum absolute atomic E-state index is 0.184. The van der Waals surface area contributed by atoms with Crippen molar-refractivity contribution in [3.63, 3.8) is 0 Å². The van der Waals surface area contributed by atoms with Crippen molar-refractivity contribution in [2.24, 2.45) is 11.1 Å². The number of carbonyl (C=O) groups is 2. The van der Waals surface area contributed by atoms with E-state index in [4.69, 9.17) is 5.73 Å². The Kier molecular flexibility index (Phi) is 9.42. The van der Waals surface area contributed by atoms with Gasteiger partial charge in [-0.3, -0.25) is 9.59 Å². The first-order chi connectivity index (χ1) is 9.99. The molecule has 4 nitrogen and oxygen atoms in total. The van der Waals surface area contributed by atoms with Gasteiger partial charge in [0.25, 0.3) is 0 Å². The van der Waals surface area contributed by atoms with E-state index in [0.29, 0.717) is 13.1 Å². The third kappa shape index (κ3) is 5.37. The van der Waals surface area contributed by atoms with Crippen LogP contribution in [0.25, 0.3) is 0 Å². The van der Waals surface area contributed by atoms with Gasteiger partial charge in [0.1, 0.15) is 5.41 Å². The third-order valence-electron chi connectivity index (χ3n) is 3.72. The summed E-state index contributed by atoms with van der Waals surface area (Å²) in [5.41, 5.74) is 4.33. The highest BCUT2D eigenvalue weighted by atomic mass is 16.2. The predicted octanol–water partition coefficient (Wildman–Crippen LogP) is 3.04. The van der Waals surface area contributed by atoms with E-state index in [1.165, 1.54) is 0 Å². The molecule has 0 aromatic heterocycles. The summed E-state index contributed by atoms with van der Waals surface area (Å²) in [6.07, 6.45) is 7.53. The smallest absolute Gasteiger partial charge is 0.238 e. The van der Waals surface area contributed by atoms with Crippen molar-refractivity contribution in [1.82, 2.24) is 4.90 Å². The van der Waals surface area contributed by atoms with Gasteiger partial charge in [-0.15, -0.1) is 13.2 Å². The molecule has 0 heterocycles. The molecular formula is C17H30N2O2. The van der Waals surface area contributed by atoms with E-state index in [1.54, 1.807) is 17.1 Å². The highest BCUT2D eigenvalue weighted by Crippen LogP contribution is 2.30. The number of hydrogen-bond acceptors (Lipinski definition) is 2. The summed E-state index contributed by atoms with van der Waals surface area (Å²) < 4.78 is 0. The van der Waals surface area contributed by atoms with E-state index in [0.717, 1.165) is 25.7 Å². The van der Waals surface area contributed by atoms with Crippen molar-refractivity contribution in [3.05, 3.63) is 25.3 Å². The zero-order valence-corrected chi connectivity index (χ0v) is 13.6. The number of primary amides is 1. The lowest BCUT2D eigenvalue weighted by molar-refractivity contribution is -0.149. The molecule has 0 aliphatic heterocycles. The Balaban J connectivity index is 5.37. The minimum Gasteiger partial charge on any atom is -0.369 e. The highest BCUT2D eigenvalue weighted by Gasteiger charge is 2.44. The Morgan fingerprint density at radius 3 is 1.76 bits per heavy atom. The highest BCUT2D eigenvalue weighted by molar-refractivity contribution is 6.04. The molecule has 0 atom stereocenters. The molecular weight excluding hydrogens is 264 g/mol. The van der Waals surface area contributed by atoms with Gasteiger partial charge < -0.3 is 10.6 Å². The van der Waals surface area contributed by atoms with Gasteiger partial charge in [0.05, 0.1) is 0 Å². The molecule has 4 heteroatoms. The fourth-order valence-corrected chi connectivity index (χ4v) is 2.37. The van der Waals surface area contributed by atoms with Crippen molar-refractivity contribution in [2.45, 2.75) is 52.4 Å². The molecule has 0 fully saturated rings. The lowest BCUT2D eigenvalue weighted by atomic mass is 9.78. The van der Waals surface area contributed by atoms with Gasteiger partial charge in [-0.1, -0.05) is 38.8 Å². The number of nitrogens with two attached hydrogens (primary N) is 1. The van der Waals surface area contributed by atoms with Gasteiger partial charge in [0, 0.05) is 13.1 Å². The van der Waals surface area contributed by atoms with Gasteiger partial charge in [-0.25, -0.2) is 0 Å². The third-order valence-corrected chi connectivity index (χ3v) is 3.72. The molecule has 0 aromatic carbocycles. The number of nitrogens with zero attached hydrogens (tertiary/aromatic N) is 1. The second kappa shape index (κ2) is 10.2. The fraction of sp³-hybridized carbons (Fsp3) is 0.647. The number of amides is 2. The van der Waals surface area contributed by atoms with Crippen LogP contribution in [0.2, 0.25) is 0 Å². The summed E-state index contributed by atoms with van der Waals surface area (Å²) in [4.78, 5) is 26.7. The van der Waals surface area contributed by atoms with Crippen LogP contribution in [0, 0.1) is 5.41 Å². The van der Waals surface area contributed by atoms with E-state index in [1.807, 2.05) is 0 Å². The molecule has 0 unspecified atom stereocenters. The summed E-state index contributed by atoms with van der Waals surface area (Å²) in [6, 6.07) is 0. The first-order valence-corrected chi connectivity index (χ1v) is 7.81. The van der Waals surface area contributed by atoms with Crippen LogP contribution in [-0.2, 0) is 9.59 Å². The molecule has 120 valence electrons. The maximum absolute atomic E-state index is 12.9. The molecule has 0 rings (SSSR count). The van der Waals surface area contributed by atoms with Crippen LogP contribution in [0.15, 0.2) is 25.3 Å². The normalized spacial score (nSPS) is 11.0. The van der Waals surface area contributed by atoms with E-state index < -0.39 is 11.3 Å². The predicted molar refractivity (Wildman–Crippen MR) is 87.7 cm³/mol. The second-order valence-corrected chi connectivity index (χ2v) is 5.43. The van der Waals surface area contributed by atoms with Gasteiger partial charge in [0.2, 0.25) is 11.8 Å². The van der Waals surface area contributed by atoms with Crippen molar-refractivity contribution in [1.29, 1.82) is 0 Å². The SMILES string of the molecule is C=CCC(CC=C)(C(N)=O)C(=O)N(CCCC)CCCC. The van der Waals surface area contributed by atoms with Crippen LogP contribution in [-0.4, -0.2) is 29.8 Å². The largest absolute Gasteiger partial charge is 0.369 e. The van der Waals surface area contributed by atoms with E-state index in [9.17, 15) is 9.59 Å². The van der Waals surface area contributed by atoms with Crippen LogP contribution in [0.5, 0.6) is 0 Å². The molecule has 0 bridgehead atoms. The van der Waals surface area contributed by atoms with Gasteiger partial charge in [-0.05, 0) is 25.7 Å². The second-order valence-electron chi connectivity index (χ2n) is 5.43. The summed E-state index contributed by atoms with van der Waals surface area (Å²) in [7, 11) is 0. The maximum Gasteiger partial charge on any atom is 0.238 e.